The predicted octanol–water partition coefficient (Wildman–Crippen LogP) is 1.63. The lowest BCUT2D eigenvalue weighted by molar-refractivity contribution is -0.139. The molecule has 2 heterocycles. The van der Waals surface area contributed by atoms with Crippen LogP contribution in [0.25, 0.3) is 0 Å². The zero-order valence-electron chi connectivity index (χ0n) is 6.73. The van der Waals surface area contributed by atoms with Crippen LogP contribution in [0, 0.1) is 0 Å². The molecule has 0 aliphatic carbocycles. The number of rotatable bonds is 0. The summed E-state index contributed by atoms with van der Waals surface area (Å²) in [6, 6.07) is -1.68. The quantitative estimate of drug-likeness (QED) is 0.620. The first kappa shape index (κ1) is 8.68. The van der Waals surface area contributed by atoms with Gasteiger partial charge in [0, 0.05) is 6.54 Å². The van der Waals surface area contributed by atoms with Gasteiger partial charge in [-0.2, -0.15) is 23.4 Å². The van der Waals surface area contributed by atoms with Crippen molar-refractivity contribution < 1.29 is 13.2 Å². The van der Waals surface area contributed by atoms with Crippen molar-refractivity contribution in [3.8, 4) is 0 Å². The summed E-state index contributed by atoms with van der Waals surface area (Å²) < 4.78 is 37.0. The van der Waals surface area contributed by atoms with Crippen LogP contribution in [0.3, 0.4) is 0 Å². The Labute approximate surface area is 72.7 Å². The Kier molecular flexibility index (Phi) is 1.87. The summed E-state index contributed by atoms with van der Waals surface area (Å²) in [5.74, 6) is 0. The van der Waals surface area contributed by atoms with Gasteiger partial charge < -0.3 is 5.32 Å². The molecule has 0 fully saturated rings. The molecule has 13 heavy (non-hydrogen) atoms. The van der Waals surface area contributed by atoms with Crippen LogP contribution in [-0.2, 0) is 0 Å². The molecule has 0 spiro atoms. The van der Waals surface area contributed by atoms with Crippen molar-refractivity contribution in [2.45, 2.75) is 18.6 Å². The van der Waals surface area contributed by atoms with Crippen molar-refractivity contribution in [2.24, 2.45) is 10.2 Å². The van der Waals surface area contributed by atoms with E-state index in [0.29, 0.717) is 30.8 Å². The average Bonchev–Trinajstić information content (AvgIpc) is 2.45. The summed E-state index contributed by atoms with van der Waals surface area (Å²) in [5, 5.41) is 9.71. The topological polar surface area (TPSA) is 36.8 Å². The molecular weight excluding hydrogens is 183 g/mol. The van der Waals surface area contributed by atoms with Gasteiger partial charge in [0.15, 0.2) is 6.04 Å². The molecule has 72 valence electrons. The molecule has 6 heteroatoms. The highest BCUT2D eigenvalue weighted by atomic mass is 19.4. The molecule has 1 N–H and O–H groups in total. The second-order valence-corrected chi connectivity index (χ2v) is 3.06. The summed E-state index contributed by atoms with van der Waals surface area (Å²) in [4.78, 5) is 0. The van der Waals surface area contributed by atoms with E-state index in [9.17, 15) is 13.2 Å². The summed E-state index contributed by atoms with van der Waals surface area (Å²) in [7, 11) is 0. The smallest absolute Gasteiger partial charge is 0.311 e. The van der Waals surface area contributed by atoms with E-state index < -0.39 is 12.2 Å². The first-order valence-electron chi connectivity index (χ1n) is 3.99. The van der Waals surface area contributed by atoms with Gasteiger partial charge in [0.25, 0.3) is 0 Å². The molecular formula is C7H8F3N3. The molecule has 2 aliphatic heterocycles. The van der Waals surface area contributed by atoms with Crippen LogP contribution < -0.4 is 5.32 Å². The zero-order valence-corrected chi connectivity index (χ0v) is 6.73. The third kappa shape index (κ3) is 1.46. The second kappa shape index (κ2) is 2.80. The Morgan fingerprint density at radius 2 is 2.15 bits per heavy atom. The van der Waals surface area contributed by atoms with Crippen LogP contribution in [0.5, 0.6) is 0 Å². The van der Waals surface area contributed by atoms with Gasteiger partial charge in [0.05, 0.1) is 5.70 Å². The summed E-state index contributed by atoms with van der Waals surface area (Å²) >= 11 is 0. The van der Waals surface area contributed by atoms with Gasteiger partial charge in [0.1, 0.15) is 0 Å². The molecule has 2 aliphatic rings. The van der Waals surface area contributed by atoms with E-state index >= 15 is 0 Å². The van der Waals surface area contributed by atoms with E-state index in [2.05, 4.69) is 15.5 Å². The number of nitrogens with zero attached hydrogens (tertiary/aromatic N) is 2. The Morgan fingerprint density at radius 1 is 1.38 bits per heavy atom. The first-order chi connectivity index (χ1) is 6.09. The molecule has 2 rings (SSSR count). The Morgan fingerprint density at radius 3 is 2.85 bits per heavy atom. The highest BCUT2D eigenvalue weighted by Crippen LogP contribution is 2.36. The molecule has 0 aromatic heterocycles. The Balaban J connectivity index is 2.26. The van der Waals surface area contributed by atoms with Gasteiger partial charge in [-0.05, 0) is 18.5 Å². The lowest BCUT2D eigenvalue weighted by Crippen LogP contribution is -2.32. The normalized spacial score (nSPS) is 28.1. The molecule has 0 saturated heterocycles. The maximum atomic E-state index is 12.3. The van der Waals surface area contributed by atoms with E-state index in [0.717, 1.165) is 0 Å². The maximum absolute atomic E-state index is 12.3. The lowest BCUT2D eigenvalue weighted by atomic mass is 10.0. The lowest BCUT2D eigenvalue weighted by Gasteiger charge is -2.18. The van der Waals surface area contributed by atoms with E-state index in [-0.39, 0.29) is 0 Å². The third-order valence-electron chi connectivity index (χ3n) is 2.17. The minimum Gasteiger partial charge on any atom is -0.311 e. The fourth-order valence-corrected chi connectivity index (χ4v) is 1.54. The Hall–Kier alpha value is -0.910. The fourth-order valence-electron chi connectivity index (χ4n) is 1.54. The van der Waals surface area contributed by atoms with Crippen molar-refractivity contribution in [1.82, 2.24) is 5.32 Å². The van der Waals surface area contributed by atoms with Gasteiger partial charge in [0.2, 0.25) is 0 Å². The third-order valence-corrected chi connectivity index (χ3v) is 2.17. The van der Waals surface area contributed by atoms with Crippen LogP contribution in [-0.4, -0.2) is 25.3 Å². The second-order valence-electron chi connectivity index (χ2n) is 3.06. The van der Waals surface area contributed by atoms with Crippen molar-refractivity contribution in [2.75, 3.05) is 13.1 Å². The van der Waals surface area contributed by atoms with E-state index in [1.165, 1.54) is 0 Å². The summed E-state index contributed by atoms with van der Waals surface area (Å²) in [5.41, 5.74) is 0.805. The maximum Gasteiger partial charge on any atom is 0.416 e. The number of nitrogens with one attached hydrogen (secondary N) is 1. The van der Waals surface area contributed by atoms with Crippen LogP contribution in [0.2, 0.25) is 0 Å². The monoisotopic (exact) mass is 191 g/mol. The molecule has 0 saturated carbocycles. The minimum atomic E-state index is -4.28. The van der Waals surface area contributed by atoms with Gasteiger partial charge in [-0.3, -0.25) is 0 Å². The molecule has 0 aromatic rings. The number of azo groups is 1. The predicted molar refractivity (Wildman–Crippen MR) is 39.2 cm³/mol. The molecule has 0 amide bonds. The van der Waals surface area contributed by atoms with Crippen LogP contribution >= 0.6 is 0 Å². The number of hydrogen-bond acceptors (Lipinski definition) is 3. The molecule has 3 nitrogen and oxygen atoms in total. The van der Waals surface area contributed by atoms with Crippen molar-refractivity contribution in [3.05, 3.63) is 11.3 Å². The SMILES string of the molecule is FC(F)(F)[C@H]1N=NC2=C1CCNC2. The highest BCUT2D eigenvalue weighted by molar-refractivity contribution is 5.27. The molecule has 0 unspecified atom stereocenters. The van der Waals surface area contributed by atoms with Crippen LogP contribution in [0.15, 0.2) is 21.5 Å². The van der Waals surface area contributed by atoms with Gasteiger partial charge >= 0.3 is 6.18 Å². The molecule has 1 atom stereocenters. The molecule has 0 radical (unpaired) electrons. The van der Waals surface area contributed by atoms with Gasteiger partial charge in [-0.25, -0.2) is 0 Å². The van der Waals surface area contributed by atoms with Crippen LogP contribution in [0.1, 0.15) is 6.42 Å². The summed E-state index contributed by atoms with van der Waals surface area (Å²) in [6.45, 7) is 0.988. The number of alkyl halides is 3. The van der Waals surface area contributed by atoms with Crippen molar-refractivity contribution in [3.63, 3.8) is 0 Å². The van der Waals surface area contributed by atoms with E-state index in [4.69, 9.17) is 0 Å². The zero-order chi connectivity index (χ0) is 9.47. The van der Waals surface area contributed by atoms with Crippen molar-refractivity contribution in [1.29, 1.82) is 0 Å². The van der Waals surface area contributed by atoms with E-state index in [1.807, 2.05) is 0 Å². The minimum absolute atomic E-state index is 0.339. The Bertz CT molecular complexity index is 279. The molecule has 0 bridgehead atoms. The van der Waals surface area contributed by atoms with Gasteiger partial charge in [-0.15, -0.1) is 0 Å². The standard InChI is InChI=1S/C7H8F3N3/c8-7(9,10)6-4-1-2-11-3-5(4)12-13-6/h6,11H,1-3H2/t6-/m0/s1. The average molecular weight is 191 g/mol. The number of halogens is 3. The highest BCUT2D eigenvalue weighted by Gasteiger charge is 2.46. The fraction of sp³-hybridized carbons (Fsp3) is 0.714. The van der Waals surface area contributed by atoms with E-state index in [1.54, 1.807) is 0 Å². The first-order valence-corrected chi connectivity index (χ1v) is 3.99. The summed E-state index contributed by atoms with van der Waals surface area (Å²) in [6.07, 6.45) is -3.88. The van der Waals surface area contributed by atoms with Crippen LogP contribution in [0.4, 0.5) is 13.2 Å². The largest absolute Gasteiger partial charge is 0.416 e. The van der Waals surface area contributed by atoms with Gasteiger partial charge in [-0.1, -0.05) is 0 Å². The van der Waals surface area contributed by atoms with Crippen molar-refractivity contribution >= 4 is 0 Å². The number of hydrogen-bond donors (Lipinski definition) is 1. The molecule has 0 aromatic carbocycles.